The molecule has 162 valence electrons. The lowest BCUT2D eigenvalue weighted by molar-refractivity contribution is 0.0188. The first-order chi connectivity index (χ1) is 15.0. The lowest BCUT2D eigenvalue weighted by Gasteiger charge is -2.21. The van der Waals surface area contributed by atoms with Gasteiger partial charge in [-0.15, -0.1) is 0 Å². The minimum Gasteiger partial charge on any atom is -0.389 e. The van der Waals surface area contributed by atoms with Crippen LogP contribution < -0.4 is 11.0 Å². The third kappa shape index (κ3) is 7.06. The number of hydrogen-bond acceptors (Lipinski definition) is 5. The molecule has 1 unspecified atom stereocenters. The maximum atomic E-state index is 12.5. The normalized spacial score (nSPS) is 11.7. The number of likely N-dealkylation sites (N-methyl/N-ethyl adjacent to an activating group) is 1. The van der Waals surface area contributed by atoms with Crippen LogP contribution >= 0.6 is 0 Å². The van der Waals surface area contributed by atoms with Crippen LogP contribution in [0.3, 0.4) is 0 Å². The van der Waals surface area contributed by atoms with Crippen molar-refractivity contribution in [2.24, 2.45) is 0 Å². The zero-order valence-corrected chi connectivity index (χ0v) is 17.3. The lowest BCUT2D eigenvalue weighted by atomic mass is 10.2. The number of carbonyl (C=O) groups excluding carboxylic acids is 1. The van der Waals surface area contributed by atoms with E-state index in [4.69, 9.17) is 4.74 Å². The molecule has 3 aromatic rings. The van der Waals surface area contributed by atoms with E-state index in [1.165, 1.54) is 15.7 Å². The molecule has 0 radical (unpaired) electrons. The predicted octanol–water partition coefficient (Wildman–Crippen LogP) is 2.33. The minimum atomic E-state index is -0.803. The van der Waals surface area contributed by atoms with Crippen LogP contribution in [0.5, 0.6) is 0 Å². The van der Waals surface area contributed by atoms with Gasteiger partial charge in [-0.05, 0) is 29.3 Å². The third-order valence-corrected chi connectivity index (χ3v) is 4.57. The lowest BCUT2D eigenvalue weighted by Crippen LogP contribution is -2.38. The fraction of sp³-hybridized carbons (Fsp3) is 0.261. The zero-order valence-electron chi connectivity index (χ0n) is 17.3. The van der Waals surface area contributed by atoms with Gasteiger partial charge >= 0.3 is 11.7 Å². The summed E-state index contributed by atoms with van der Waals surface area (Å²) in [5.41, 5.74) is 2.14. The van der Waals surface area contributed by atoms with E-state index in [0.29, 0.717) is 18.8 Å². The molecule has 0 saturated carbocycles. The minimum absolute atomic E-state index is 0.127. The van der Waals surface area contributed by atoms with Gasteiger partial charge in [-0.2, -0.15) is 0 Å². The molecule has 0 saturated heterocycles. The Hall–Kier alpha value is -3.49. The van der Waals surface area contributed by atoms with E-state index in [1.54, 1.807) is 37.5 Å². The fourth-order valence-electron chi connectivity index (χ4n) is 3.01. The molecule has 2 N–H and O–H groups in total. The molecule has 31 heavy (non-hydrogen) atoms. The Bertz CT molecular complexity index is 1040. The summed E-state index contributed by atoms with van der Waals surface area (Å²) in [7, 11) is 1.61. The van der Waals surface area contributed by atoms with Crippen molar-refractivity contribution in [3.8, 4) is 0 Å². The number of anilines is 1. The average Bonchev–Trinajstić information content (AvgIpc) is 2.76. The first-order valence-corrected chi connectivity index (χ1v) is 9.93. The van der Waals surface area contributed by atoms with Crippen molar-refractivity contribution in [3.05, 3.63) is 94.7 Å². The van der Waals surface area contributed by atoms with Crippen molar-refractivity contribution in [2.75, 3.05) is 25.5 Å². The summed E-state index contributed by atoms with van der Waals surface area (Å²) in [4.78, 5) is 29.4. The van der Waals surface area contributed by atoms with E-state index < -0.39 is 6.10 Å². The number of benzene rings is 2. The van der Waals surface area contributed by atoms with Crippen LogP contribution in [0.4, 0.5) is 10.5 Å². The summed E-state index contributed by atoms with van der Waals surface area (Å²) in [5, 5.41) is 13.0. The highest BCUT2D eigenvalue weighted by Crippen LogP contribution is 2.12. The molecule has 0 fully saturated rings. The average molecular weight is 422 g/mol. The molecule has 8 heteroatoms. The van der Waals surface area contributed by atoms with Crippen LogP contribution in [0.1, 0.15) is 11.1 Å². The number of rotatable bonds is 9. The van der Waals surface area contributed by atoms with Crippen molar-refractivity contribution in [2.45, 2.75) is 19.3 Å². The molecule has 1 heterocycles. The topological polar surface area (TPSA) is 96.7 Å². The first-order valence-electron chi connectivity index (χ1n) is 9.93. The van der Waals surface area contributed by atoms with Gasteiger partial charge in [0, 0.05) is 25.1 Å². The van der Waals surface area contributed by atoms with Crippen LogP contribution in [0.15, 0.2) is 77.9 Å². The Kier molecular flexibility index (Phi) is 7.91. The van der Waals surface area contributed by atoms with Gasteiger partial charge in [0.2, 0.25) is 0 Å². The Balaban J connectivity index is 1.47. The van der Waals surface area contributed by atoms with Crippen molar-refractivity contribution >= 4 is 11.7 Å². The van der Waals surface area contributed by atoms with Gasteiger partial charge in [0.1, 0.15) is 0 Å². The summed E-state index contributed by atoms with van der Waals surface area (Å²) in [6.45, 7) is 1.01. The van der Waals surface area contributed by atoms with Crippen molar-refractivity contribution in [1.29, 1.82) is 0 Å². The van der Waals surface area contributed by atoms with Crippen LogP contribution in [0, 0.1) is 0 Å². The van der Waals surface area contributed by atoms with E-state index in [2.05, 4.69) is 10.3 Å². The number of carbonyl (C=O) groups is 1. The number of urea groups is 1. The Morgan fingerprint density at radius 3 is 2.71 bits per heavy atom. The quantitative estimate of drug-likeness (QED) is 0.552. The number of nitrogens with one attached hydrogen (secondary N) is 1. The largest absolute Gasteiger partial charge is 0.389 e. The molecule has 0 aliphatic carbocycles. The Morgan fingerprint density at radius 1 is 1.16 bits per heavy atom. The number of nitrogens with zero attached hydrogens (tertiary/aromatic N) is 3. The SMILES string of the molecule is CN(CC(O)COCc1ccccc1)C(=O)Nc1cccc(Cn2cccnc2=O)c1. The standard InChI is InChI=1S/C23H26N4O4/c1-26(15-21(28)17-31-16-18-7-3-2-4-8-18)23(30)25-20-10-5-9-19(13-20)14-27-12-6-11-24-22(27)29/h2-13,21,28H,14-17H2,1H3,(H,25,30). The van der Waals surface area contributed by atoms with Crippen LogP contribution in [-0.4, -0.2) is 51.9 Å². The molecule has 2 aromatic carbocycles. The second-order valence-electron chi connectivity index (χ2n) is 7.20. The molecule has 3 rings (SSSR count). The molecular weight excluding hydrogens is 396 g/mol. The number of aromatic nitrogens is 2. The summed E-state index contributed by atoms with van der Waals surface area (Å²) >= 11 is 0. The van der Waals surface area contributed by atoms with Gasteiger partial charge in [-0.1, -0.05) is 42.5 Å². The van der Waals surface area contributed by atoms with Gasteiger partial charge in [-0.25, -0.2) is 14.6 Å². The summed E-state index contributed by atoms with van der Waals surface area (Å²) < 4.78 is 7.01. The van der Waals surface area contributed by atoms with Gasteiger partial charge in [0.25, 0.3) is 0 Å². The van der Waals surface area contributed by atoms with E-state index in [0.717, 1.165) is 11.1 Å². The molecular formula is C23H26N4O4. The second kappa shape index (κ2) is 11.1. The van der Waals surface area contributed by atoms with E-state index >= 15 is 0 Å². The molecule has 1 atom stereocenters. The third-order valence-electron chi connectivity index (χ3n) is 4.57. The van der Waals surface area contributed by atoms with Gasteiger partial charge in [0.15, 0.2) is 0 Å². The zero-order chi connectivity index (χ0) is 22.1. The molecule has 0 bridgehead atoms. The molecule has 2 amide bonds. The summed E-state index contributed by atoms with van der Waals surface area (Å²) in [5.74, 6) is 0. The van der Waals surface area contributed by atoms with Crippen LogP contribution in [0.2, 0.25) is 0 Å². The fourth-order valence-corrected chi connectivity index (χ4v) is 3.01. The number of amides is 2. The number of aliphatic hydroxyl groups is 1. The van der Waals surface area contributed by atoms with Gasteiger partial charge < -0.3 is 20.1 Å². The van der Waals surface area contributed by atoms with E-state index in [9.17, 15) is 14.7 Å². The molecule has 0 spiro atoms. The van der Waals surface area contributed by atoms with E-state index in [1.807, 2.05) is 36.4 Å². The smallest absolute Gasteiger partial charge is 0.347 e. The van der Waals surface area contributed by atoms with Gasteiger partial charge in [0.05, 0.1) is 32.4 Å². The maximum absolute atomic E-state index is 12.5. The number of aliphatic hydroxyl groups excluding tert-OH is 1. The van der Waals surface area contributed by atoms with Gasteiger partial charge in [-0.3, -0.25) is 4.57 Å². The first kappa shape index (κ1) is 22.2. The van der Waals surface area contributed by atoms with Crippen molar-refractivity contribution < 1.29 is 14.6 Å². The monoisotopic (exact) mass is 422 g/mol. The van der Waals surface area contributed by atoms with Crippen molar-refractivity contribution in [1.82, 2.24) is 14.5 Å². The summed E-state index contributed by atoms with van der Waals surface area (Å²) in [6.07, 6.45) is 2.31. The molecule has 0 aliphatic rings. The summed E-state index contributed by atoms with van der Waals surface area (Å²) in [6, 6.07) is 18.3. The highest BCUT2D eigenvalue weighted by atomic mass is 16.5. The van der Waals surface area contributed by atoms with Crippen molar-refractivity contribution in [3.63, 3.8) is 0 Å². The number of hydrogen-bond donors (Lipinski definition) is 2. The van der Waals surface area contributed by atoms with E-state index in [-0.39, 0.29) is 24.9 Å². The number of ether oxygens (including phenoxy) is 1. The predicted molar refractivity (Wildman–Crippen MR) is 118 cm³/mol. The highest BCUT2D eigenvalue weighted by Gasteiger charge is 2.14. The molecule has 8 nitrogen and oxygen atoms in total. The molecule has 0 aliphatic heterocycles. The second-order valence-corrected chi connectivity index (χ2v) is 7.20. The van der Waals surface area contributed by atoms with Crippen LogP contribution in [0.25, 0.3) is 0 Å². The van der Waals surface area contributed by atoms with Crippen LogP contribution in [-0.2, 0) is 17.9 Å². The Labute approximate surface area is 180 Å². The highest BCUT2D eigenvalue weighted by molar-refractivity contribution is 5.89. The Morgan fingerprint density at radius 2 is 1.94 bits per heavy atom. The molecule has 1 aromatic heterocycles. The maximum Gasteiger partial charge on any atom is 0.347 e.